The normalized spacial score (nSPS) is 11.4. The molecule has 0 aliphatic carbocycles. The van der Waals surface area contributed by atoms with E-state index in [1.807, 2.05) is 63.2 Å². The van der Waals surface area contributed by atoms with Crippen LogP contribution in [-0.4, -0.2) is 21.6 Å². The maximum absolute atomic E-state index is 12.1. The van der Waals surface area contributed by atoms with Gasteiger partial charge in [0.25, 0.3) is 0 Å². The summed E-state index contributed by atoms with van der Waals surface area (Å²) in [7, 11) is -3.35. The van der Waals surface area contributed by atoms with Crippen LogP contribution in [0.3, 0.4) is 0 Å². The molecule has 1 N–H and O–H groups in total. The minimum atomic E-state index is -3.35. The molecule has 0 bridgehead atoms. The Kier molecular flexibility index (Phi) is 5.80. The van der Waals surface area contributed by atoms with Crippen molar-refractivity contribution in [1.29, 1.82) is 0 Å². The van der Waals surface area contributed by atoms with Crippen LogP contribution in [0.2, 0.25) is 0 Å². The summed E-state index contributed by atoms with van der Waals surface area (Å²) in [6.45, 7) is 6.51. The minimum absolute atomic E-state index is 0.0157. The third-order valence-electron chi connectivity index (χ3n) is 3.68. The molecule has 0 amide bonds. The second kappa shape index (κ2) is 7.62. The number of sulfonamides is 1. The van der Waals surface area contributed by atoms with Gasteiger partial charge in [0.15, 0.2) is 0 Å². The molecule has 0 heterocycles. The van der Waals surface area contributed by atoms with E-state index in [-0.39, 0.29) is 12.3 Å². The minimum Gasteiger partial charge on any atom is -0.492 e. The van der Waals surface area contributed by atoms with Gasteiger partial charge in [-0.25, -0.2) is 13.1 Å². The van der Waals surface area contributed by atoms with Crippen LogP contribution in [-0.2, 0) is 15.8 Å². The lowest BCUT2D eigenvalue weighted by molar-refractivity contribution is 0.320. The van der Waals surface area contributed by atoms with Gasteiger partial charge >= 0.3 is 0 Å². The number of nitrogens with one attached hydrogen (secondary N) is 1. The molecule has 23 heavy (non-hydrogen) atoms. The summed E-state index contributed by atoms with van der Waals surface area (Å²) in [5, 5.41) is 0. The van der Waals surface area contributed by atoms with Crippen molar-refractivity contribution in [2.75, 3.05) is 13.2 Å². The average Bonchev–Trinajstić information content (AvgIpc) is 2.47. The van der Waals surface area contributed by atoms with E-state index in [4.69, 9.17) is 4.74 Å². The molecule has 2 aromatic carbocycles. The quantitative estimate of drug-likeness (QED) is 0.792. The first kappa shape index (κ1) is 17.5. The smallest absolute Gasteiger partial charge is 0.215 e. The zero-order valence-electron chi connectivity index (χ0n) is 13.8. The summed E-state index contributed by atoms with van der Waals surface area (Å²) in [5.74, 6) is 0.779. The van der Waals surface area contributed by atoms with E-state index in [9.17, 15) is 8.42 Å². The molecule has 124 valence electrons. The van der Waals surface area contributed by atoms with Crippen LogP contribution < -0.4 is 9.46 Å². The highest BCUT2D eigenvalue weighted by atomic mass is 32.2. The molecule has 0 aromatic heterocycles. The van der Waals surface area contributed by atoms with Crippen LogP contribution in [0.1, 0.15) is 22.3 Å². The number of hydrogen-bond acceptors (Lipinski definition) is 3. The predicted octanol–water partition coefficient (Wildman–Crippen LogP) is 3.11. The zero-order chi connectivity index (χ0) is 16.9. The Morgan fingerprint density at radius 1 is 1.04 bits per heavy atom. The van der Waals surface area contributed by atoms with Crippen LogP contribution in [0.5, 0.6) is 5.75 Å². The lowest BCUT2D eigenvalue weighted by Gasteiger charge is -2.12. The van der Waals surface area contributed by atoms with Crippen LogP contribution in [0, 0.1) is 20.8 Å². The van der Waals surface area contributed by atoms with Gasteiger partial charge in [0.05, 0.1) is 5.75 Å². The van der Waals surface area contributed by atoms with E-state index in [1.165, 1.54) is 0 Å². The number of benzene rings is 2. The summed E-state index contributed by atoms with van der Waals surface area (Å²) >= 11 is 0. The zero-order valence-corrected chi connectivity index (χ0v) is 14.6. The first-order valence-electron chi connectivity index (χ1n) is 7.59. The summed E-state index contributed by atoms with van der Waals surface area (Å²) in [6, 6.07) is 13.4. The van der Waals surface area contributed by atoms with Gasteiger partial charge in [-0.1, -0.05) is 42.0 Å². The Bertz CT molecular complexity index is 770. The van der Waals surface area contributed by atoms with E-state index in [0.717, 1.165) is 28.0 Å². The molecule has 0 saturated heterocycles. The molecule has 2 aromatic rings. The molecule has 0 radical (unpaired) electrons. The van der Waals surface area contributed by atoms with E-state index in [1.54, 1.807) is 0 Å². The van der Waals surface area contributed by atoms with Crippen molar-refractivity contribution in [2.24, 2.45) is 0 Å². The molecule has 0 unspecified atom stereocenters. The third kappa shape index (κ3) is 5.37. The third-order valence-corrected chi connectivity index (χ3v) is 5.03. The Balaban J connectivity index is 1.84. The fourth-order valence-corrected chi connectivity index (χ4v) is 3.43. The molecule has 4 nitrogen and oxygen atoms in total. The lowest BCUT2D eigenvalue weighted by atomic mass is 10.1. The van der Waals surface area contributed by atoms with Crippen LogP contribution >= 0.6 is 0 Å². The highest BCUT2D eigenvalue weighted by molar-refractivity contribution is 7.88. The van der Waals surface area contributed by atoms with Gasteiger partial charge in [-0.15, -0.1) is 0 Å². The second-order valence-electron chi connectivity index (χ2n) is 5.69. The molecule has 0 spiro atoms. The standard InChI is InChI=1S/C18H23NO3S/c1-14-6-4-8-17(12-14)13-23(20,21)19-10-11-22-18-9-5-7-15(2)16(18)3/h4-9,12,19H,10-11,13H2,1-3H3. The topological polar surface area (TPSA) is 55.4 Å². The van der Waals surface area contributed by atoms with E-state index in [0.29, 0.717) is 6.61 Å². The highest BCUT2D eigenvalue weighted by Crippen LogP contribution is 2.20. The van der Waals surface area contributed by atoms with Gasteiger partial charge in [0.1, 0.15) is 12.4 Å². The van der Waals surface area contributed by atoms with Crippen molar-refractivity contribution in [3.05, 3.63) is 64.7 Å². The molecule has 0 aliphatic heterocycles. The van der Waals surface area contributed by atoms with Crippen molar-refractivity contribution in [3.63, 3.8) is 0 Å². The summed E-state index contributed by atoms with van der Waals surface area (Å²) in [4.78, 5) is 0. The fraction of sp³-hybridized carbons (Fsp3) is 0.333. The Hall–Kier alpha value is -1.85. The molecule has 0 aliphatic rings. The van der Waals surface area contributed by atoms with Crippen LogP contribution in [0.15, 0.2) is 42.5 Å². The maximum Gasteiger partial charge on any atom is 0.215 e. The van der Waals surface area contributed by atoms with Crippen LogP contribution in [0.25, 0.3) is 0 Å². The van der Waals surface area contributed by atoms with Gasteiger partial charge in [-0.05, 0) is 43.5 Å². The number of hydrogen-bond donors (Lipinski definition) is 1. The number of aryl methyl sites for hydroxylation is 2. The Morgan fingerprint density at radius 3 is 2.52 bits per heavy atom. The summed E-state index contributed by atoms with van der Waals surface area (Å²) in [6.07, 6.45) is 0. The Morgan fingerprint density at radius 2 is 1.78 bits per heavy atom. The highest BCUT2D eigenvalue weighted by Gasteiger charge is 2.11. The van der Waals surface area contributed by atoms with Crippen molar-refractivity contribution in [2.45, 2.75) is 26.5 Å². The van der Waals surface area contributed by atoms with Crippen molar-refractivity contribution in [3.8, 4) is 5.75 Å². The van der Waals surface area contributed by atoms with Crippen molar-refractivity contribution < 1.29 is 13.2 Å². The lowest BCUT2D eigenvalue weighted by Crippen LogP contribution is -2.29. The first-order chi connectivity index (χ1) is 10.9. The molecular formula is C18H23NO3S. The first-order valence-corrected chi connectivity index (χ1v) is 9.24. The molecule has 5 heteroatoms. The summed E-state index contributed by atoms with van der Waals surface area (Å²) < 4.78 is 32.4. The SMILES string of the molecule is Cc1cccc(CS(=O)(=O)NCCOc2cccc(C)c2C)c1. The van der Waals surface area contributed by atoms with Gasteiger partial charge in [-0.2, -0.15) is 0 Å². The molecule has 0 atom stereocenters. The van der Waals surface area contributed by atoms with Crippen molar-refractivity contribution in [1.82, 2.24) is 4.72 Å². The largest absolute Gasteiger partial charge is 0.492 e. The van der Waals surface area contributed by atoms with Gasteiger partial charge in [-0.3, -0.25) is 0 Å². The Labute approximate surface area is 138 Å². The van der Waals surface area contributed by atoms with E-state index in [2.05, 4.69) is 4.72 Å². The molecule has 0 saturated carbocycles. The molecule has 2 rings (SSSR count). The van der Waals surface area contributed by atoms with Gasteiger partial charge < -0.3 is 4.74 Å². The van der Waals surface area contributed by atoms with Crippen LogP contribution in [0.4, 0.5) is 0 Å². The predicted molar refractivity (Wildman–Crippen MR) is 93.2 cm³/mol. The number of rotatable bonds is 7. The van der Waals surface area contributed by atoms with E-state index < -0.39 is 10.0 Å². The van der Waals surface area contributed by atoms with Gasteiger partial charge in [0, 0.05) is 6.54 Å². The van der Waals surface area contributed by atoms with Gasteiger partial charge in [0.2, 0.25) is 10.0 Å². The average molecular weight is 333 g/mol. The number of ether oxygens (including phenoxy) is 1. The fourth-order valence-electron chi connectivity index (χ4n) is 2.31. The second-order valence-corrected chi connectivity index (χ2v) is 7.50. The molecule has 0 fully saturated rings. The van der Waals surface area contributed by atoms with E-state index >= 15 is 0 Å². The molecular weight excluding hydrogens is 310 g/mol. The maximum atomic E-state index is 12.1. The monoisotopic (exact) mass is 333 g/mol. The van der Waals surface area contributed by atoms with Crippen molar-refractivity contribution >= 4 is 10.0 Å². The summed E-state index contributed by atoms with van der Waals surface area (Å²) in [5.41, 5.74) is 4.07.